The molecule has 0 aliphatic heterocycles. The van der Waals surface area contributed by atoms with E-state index in [2.05, 4.69) is 10.3 Å². The van der Waals surface area contributed by atoms with Gasteiger partial charge in [-0.15, -0.1) is 0 Å². The summed E-state index contributed by atoms with van der Waals surface area (Å²) in [6.45, 7) is 1.84. The molecule has 0 radical (unpaired) electrons. The minimum Gasteiger partial charge on any atom is -0.481 e. The number of nitrogens with one attached hydrogen (secondary N) is 2. The van der Waals surface area contributed by atoms with E-state index in [0.29, 0.717) is 18.5 Å². The number of sulfonamides is 1. The number of allylic oxidation sites excluding steroid dienone is 1. The summed E-state index contributed by atoms with van der Waals surface area (Å²) in [5, 5.41) is 11.4. The van der Waals surface area contributed by atoms with Crippen LogP contribution in [0.3, 0.4) is 0 Å². The number of aryl methyl sites for hydroxylation is 1. The van der Waals surface area contributed by atoms with Crippen molar-refractivity contribution in [3.63, 3.8) is 0 Å². The van der Waals surface area contributed by atoms with Gasteiger partial charge in [-0.1, -0.05) is 42.0 Å². The van der Waals surface area contributed by atoms with Gasteiger partial charge >= 0.3 is 12.0 Å². The van der Waals surface area contributed by atoms with Crippen LogP contribution in [0.25, 0.3) is 5.57 Å². The van der Waals surface area contributed by atoms with Gasteiger partial charge in [-0.2, -0.15) is 0 Å². The number of unbranched alkanes of at least 4 members (excludes halogenated alkanes) is 1. The number of anilines is 1. The number of amides is 2. The van der Waals surface area contributed by atoms with Crippen molar-refractivity contribution in [2.24, 2.45) is 0 Å². The Morgan fingerprint density at radius 1 is 1.00 bits per heavy atom. The van der Waals surface area contributed by atoms with E-state index in [9.17, 15) is 18.0 Å². The summed E-state index contributed by atoms with van der Waals surface area (Å²) in [6.07, 6.45) is 6.52. The van der Waals surface area contributed by atoms with Gasteiger partial charge in [0.05, 0.1) is 4.90 Å². The van der Waals surface area contributed by atoms with Gasteiger partial charge in [-0.25, -0.2) is 17.9 Å². The van der Waals surface area contributed by atoms with Crippen molar-refractivity contribution >= 4 is 33.3 Å². The van der Waals surface area contributed by atoms with Gasteiger partial charge in [0, 0.05) is 30.1 Å². The fourth-order valence-corrected chi connectivity index (χ4v) is 4.12. The zero-order valence-electron chi connectivity index (χ0n) is 18.6. The number of hydrogen-bond donors (Lipinski definition) is 3. The van der Waals surface area contributed by atoms with E-state index in [1.807, 2.05) is 29.9 Å². The number of pyridine rings is 1. The van der Waals surface area contributed by atoms with Crippen molar-refractivity contribution in [2.75, 3.05) is 5.32 Å². The van der Waals surface area contributed by atoms with Crippen LogP contribution >= 0.6 is 0 Å². The van der Waals surface area contributed by atoms with Crippen LogP contribution in [0, 0.1) is 6.92 Å². The van der Waals surface area contributed by atoms with Crippen LogP contribution in [0.2, 0.25) is 0 Å². The highest BCUT2D eigenvalue weighted by Gasteiger charge is 2.17. The number of carboxylic acid groups (broad SMARTS) is 1. The number of nitrogens with zero attached hydrogens (tertiary/aromatic N) is 1. The molecule has 3 rings (SSSR count). The maximum atomic E-state index is 12.4. The van der Waals surface area contributed by atoms with Crippen molar-refractivity contribution in [1.29, 1.82) is 0 Å². The first-order chi connectivity index (χ1) is 16.2. The maximum Gasteiger partial charge on any atom is 0.333 e. The Hall–Kier alpha value is -3.98. The van der Waals surface area contributed by atoms with E-state index in [1.165, 1.54) is 12.1 Å². The van der Waals surface area contributed by atoms with Crippen molar-refractivity contribution in [1.82, 2.24) is 9.71 Å². The predicted octanol–water partition coefficient (Wildman–Crippen LogP) is 4.59. The van der Waals surface area contributed by atoms with E-state index in [1.54, 1.807) is 48.8 Å². The second-order valence-electron chi connectivity index (χ2n) is 7.60. The molecule has 0 atom stereocenters. The smallest absolute Gasteiger partial charge is 0.333 e. The maximum absolute atomic E-state index is 12.4. The average Bonchev–Trinajstić information content (AvgIpc) is 2.80. The molecular formula is C25H25N3O5S. The second-order valence-corrected chi connectivity index (χ2v) is 9.28. The molecule has 9 heteroatoms. The average molecular weight is 480 g/mol. The molecule has 8 nitrogen and oxygen atoms in total. The lowest BCUT2D eigenvalue weighted by molar-refractivity contribution is -0.137. The molecule has 0 unspecified atom stereocenters. The summed E-state index contributed by atoms with van der Waals surface area (Å²) >= 11 is 0. The second kappa shape index (κ2) is 11.2. The molecule has 0 spiro atoms. The minimum absolute atomic E-state index is 0.00209. The van der Waals surface area contributed by atoms with Crippen molar-refractivity contribution in [3.05, 3.63) is 95.8 Å². The number of urea groups is 1. The Kier molecular flexibility index (Phi) is 8.15. The zero-order valence-corrected chi connectivity index (χ0v) is 19.4. The van der Waals surface area contributed by atoms with Crippen LogP contribution in [0.4, 0.5) is 10.5 Å². The molecule has 0 bridgehead atoms. The Morgan fingerprint density at radius 2 is 1.71 bits per heavy atom. The number of aliphatic carboxylic acids is 1. The summed E-state index contributed by atoms with van der Waals surface area (Å²) in [5.74, 6) is -0.838. The van der Waals surface area contributed by atoms with E-state index in [0.717, 1.165) is 22.3 Å². The SMILES string of the molecule is Cc1ccc(S(=O)(=O)NC(=O)Nc2ccc(/C(=C/CCCC(=O)O)c3cccnc3)cc2)cc1. The van der Waals surface area contributed by atoms with Gasteiger partial charge in [-0.05, 0) is 61.2 Å². The number of carboxylic acids is 1. The molecular weight excluding hydrogens is 454 g/mol. The lowest BCUT2D eigenvalue weighted by Crippen LogP contribution is -2.34. The number of hydrogen-bond acceptors (Lipinski definition) is 5. The molecule has 3 aromatic rings. The molecule has 0 fully saturated rings. The lowest BCUT2D eigenvalue weighted by atomic mass is 9.97. The van der Waals surface area contributed by atoms with Crippen molar-refractivity contribution in [2.45, 2.75) is 31.1 Å². The lowest BCUT2D eigenvalue weighted by Gasteiger charge is -2.11. The standard InChI is InChI=1S/C25H25N3O5S/c1-18-8-14-22(15-9-18)34(32,33)28-25(31)27-21-12-10-19(11-13-21)23(6-2-3-7-24(29)30)20-5-4-16-26-17-20/h4-6,8-17H,2-3,7H2,1H3,(H,29,30)(H2,27,28,31)/b23-6-. The molecule has 2 amide bonds. The van der Waals surface area contributed by atoms with Crippen LogP contribution in [-0.2, 0) is 14.8 Å². The quantitative estimate of drug-likeness (QED) is 0.386. The monoisotopic (exact) mass is 479 g/mol. The van der Waals surface area contributed by atoms with E-state index in [4.69, 9.17) is 5.11 Å². The van der Waals surface area contributed by atoms with Crippen LogP contribution in [0.1, 0.15) is 36.0 Å². The van der Waals surface area contributed by atoms with E-state index in [-0.39, 0.29) is 11.3 Å². The normalized spacial score (nSPS) is 11.6. The number of carbonyl (C=O) groups is 2. The van der Waals surface area contributed by atoms with Crippen LogP contribution in [0.15, 0.2) is 84.0 Å². The summed E-state index contributed by atoms with van der Waals surface area (Å²) in [6, 6.07) is 15.9. The summed E-state index contributed by atoms with van der Waals surface area (Å²) < 4.78 is 26.8. The Balaban J connectivity index is 1.71. The van der Waals surface area contributed by atoms with Gasteiger partial charge in [0.2, 0.25) is 0 Å². The van der Waals surface area contributed by atoms with E-state index >= 15 is 0 Å². The molecule has 34 heavy (non-hydrogen) atoms. The topological polar surface area (TPSA) is 125 Å². The first kappa shape index (κ1) is 24.7. The van der Waals surface area contributed by atoms with Crippen LogP contribution < -0.4 is 10.0 Å². The highest BCUT2D eigenvalue weighted by atomic mass is 32.2. The third-order valence-electron chi connectivity index (χ3n) is 4.93. The van der Waals surface area contributed by atoms with Crippen LogP contribution in [0.5, 0.6) is 0 Å². The highest BCUT2D eigenvalue weighted by molar-refractivity contribution is 7.90. The fraction of sp³-hybridized carbons (Fsp3) is 0.160. The van der Waals surface area contributed by atoms with Gasteiger partial charge in [0.25, 0.3) is 10.0 Å². The van der Waals surface area contributed by atoms with Gasteiger partial charge in [0.15, 0.2) is 0 Å². The first-order valence-electron chi connectivity index (χ1n) is 10.6. The Morgan fingerprint density at radius 3 is 2.32 bits per heavy atom. The Bertz CT molecular complexity index is 1270. The summed E-state index contributed by atoms with van der Waals surface area (Å²) in [5.41, 5.74) is 3.93. The summed E-state index contributed by atoms with van der Waals surface area (Å²) in [7, 11) is -3.99. The van der Waals surface area contributed by atoms with Crippen LogP contribution in [-0.4, -0.2) is 30.5 Å². The molecule has 0 saturated carbocycles. The van der Waals surface area contributed by atoms with Crippen molar-refractivity contribution < 1.29 is 23.1 Å². The molecule has 0 aliphatic carbocycles. The third kappa shape index (κ3) is 7.01. The molecule has 1 aromatic heterocycles. The fourth-order valence-electron chi connectivity index (χ4n) is 3.21. The number of benzene rings is 2. The molecule has 0 aliphatic rings. The first-order valence-corrected chi connectivity index (χ1v) is 12.1. The van der Waals surface area contributed by atoms with Gasteiger partial charge in [-0.3, -0.25) is 9.78 Å². The molecule has 176 valence electrons. The Labute approximate surface area is 198 Å². The highest BCUT2D eigenvalue weighted by Crippen LogP contribution is 2.25. The predicted molar refractivity (Wildman–Crippen MR) is 130 cm³/mol. The molecule has 0 saturated heterocycles. The number of aromatic nitrogens is 1. The largest absolute Gasteiger partial charge is 0.481 e. The van der Waals surface area contributed by atoms with Gasteiger partial charge < -0.3 is 10.4 Å². The van der Waals surface area contributed by atoms with Gasteiger partial charge in [0.1, 0.15) is 0 Å². The molecule has 3 N–H and O–H groups in total. The number of rotatable bonds is 9. The zero-order chi connectivity index (χ0) is 24.6. The third-order valence-corrected chi connectivity index (χ3v) is 6.27. The minimum atomic E-state index is -3.99. The molecule has 2 aromatic carbocycles. The van der Waals surface area contributed by atoms with E-state index < -0.39 is 22.0 Å². The molecule has 1 heterocycles. The summed E-state index contributed by atoms with van der Waals surface area (Å²) in [4.78, 5) is 27.2. The van der Waals surface area contributed by atoms with Crippen molar-refractivity contribution in [3.8, 4) is 0 Å². The number of carbonyl (C=O) groups excluding carboxylic acids is 1.